The van der Waals surface area contributed by atoms with Crippen molar-refractivity contribution in [1.82, 2.24) is 14.9 Å². The number of unbranched alkanes of at least 4 members (excludes halogenated alkanes) is 2. The number of pyridine rings is 1. The molecule has 0 spiro atoms. The molecule has 2 aliphatic heterocycles. The van der Waals surface area contributed by atoms with Crippen molar-refractivity contribution in [1.29, 1.82) is 0 Å². The Bertz CT molecular complexity index is 2100. The highest BCUT2D eigenvalue weighted by Crippen LogP contribution is 2.65. The number of aromatic nitrogens is 1. The van der Waals surface area contributed by atoms with Crippen LogP contribution < -0.4 is 5.43 Å². The van der Waals surface area contributed by atoms with E-state index in [4.69, 9.17) is 28.3 Å². The van der Waals surface area contributed by atoms with Crippen LogP contribution in [0.15, 0.2) is 72.4 Å². The average molecular weight is 786 g/mol. The number of likely N-dealkylation sites (tertiary alicyclic amines) is 1. The number of hydrogen-bond donors (Lipinski definition) is 3. The van der Waals surface area contributed by atoms with E-state index in [9.17, 15) is 37.5 Å². The second-order valence-corrected chi connectivity index (χ2v) is 14.9. The van der Waals surface area contributed by atoms with Crippen LogP contribution in [0.25, 0.3) is 0 Å². The second-order valence-electron chi connectivity index (χ2n) is 14.0. The highest BCUT2D eigenvalue weighted by atomic mass is 35.5. The molecule has 2 aromatic carbocycles. The van der Waals surface area contributed by atoms with Gasteiger partial charge in [-0.25, -0.2) is 4.98 Å². The number of allylic oxidation sites excluding steroid dienone is 2. The number of anilines is 1. The molecule has 6 atom stereocenters. The van der Waals surface area contributed by atoms with E-state index < -0.39 is 75.5 Å². The maximum absolute atomic E-state index is 15.2. The molecule has 3 aromatic rings. The molecular weight excluding hydrogens is 752 g/mol. The Hall–Kier alpha value is -4.95. The van der Waals surface area contributed by atoms with Crippen LogP contribution in [-0.2, 0) is 35.6 Å². The first-order valence-electron chi connectivity index (χ1n) is 17.3. The lowest BCUT2D eigenvalue weighted by Crippen LogP contribution is -2.53. The van der Waals surface area contributed by atoms with Gasteiger partial charge in [0, 0.05) is 35.7 Å². The smallest absolute Gasteiger partial charge is 0.417 e. The Morgan fingerprint density at radius 3 is 2.35 bits per heavy atom. The highest BCUT2D eigenvalue weighted by Gasteiger charge is 2.70. The third kappa shape index (κ3) is 6.08. The number of aromatic hydroxyl groups is 1. The summed E-state index contributed by atoms with van der Waals surface area (Å²) < 4.78 is 40.3. The first-order valence-corrected chi connectivity index (χ1v) is 18.1. The number of phenols is 1. The molecule has 3 fully saturated rings. The monoisotopic (exact) mass is 784 g/mol. The number of imide groups is 2. The maximum atomic E-state index is 15.2. The normalized spacial score (nSPS) is 26.4. The van der Waals surface area contributed by atoms with Crippen molar-refractivity contribution in [2.75, 3.05) is 12.0 Å². The van der Waals surface area contributed by atoms with Crippen molar-refractivity contribution in [3.05, 3.63) is 99.2 Å². The van der Waals surface area contributed by atoms with Gasteiger partial charge in [0.1, 0.15) is 5.75 Å². The number of carboxylic acid groups (broad SMARTS) is 1. The fourth-order valence-corrected chi connectivity index (χ4v) is 9.20. The molecule has 7 rings (SSSR count). The van der Waals surface area contributed by atoms with Gasteiger partial charge in [-0.05, 0) is 61.4 Å². The van der Waals surface area contributed by atoms with Crippen molar-refractivity contribution in [3.8, 4) is 5.75 Å². The summed E-state index contributed by atoms with van der Waals surface area (Å²) in [6, 6.07) is 13.2. The van der Waals surface area contributed by atoms with E-state index in [1.807, 2.05) is 6.08 Å². The summed E-state index contributed by atoms with van der Waals surface area (Å²) in [6.07, 6.45) is -1.09. The maximum Gasteiger partial charge on any atom is 0.417 e. The summed E-state index contributed by atoms with van der Waals surface area (Å²) in [6.45, 7) is 0.101. The van der Waals surface area contributed by atoms with Crippen molar-refractivity contribution in [2.45, 2.75) is 56.0 Å². The quantitative estimate of drug-likeness (QED) is 0.115. The van der Waals surface area contributed by atoms with Gasteiger partial charge in [0.2, 0.25) is 11.8 Å². The number of amides is 4. The molecule has 0 radical (unpaired) electrons. The Morgan fingerprint density at radius 1 is 0.963 bits per heavy atom. The fraction of sp³-hybridized carbons (Fsp3) is 0.368. The largest absolute Gasteiger partial charge is 0.508 e. The summed E-state index contributed by atoms with van der Waals surface area (Å²) in [5.74, 6) is -8.51. The summed E-state index contributed by atoms with van der Waals surface area (Å²) in [7, 11) is 0. The number of alkyl halides is 3. The van der Waals surface area contributed by atoms with Gasteiger partial charge in [-0.1, -0.05) is 71.6 Å². The molecule has 2 saturated heterocycles. The van der Waals surface area contributed by atoms with E-state index in [0.29, 0.717) is 52.7 Å². The molecule has 16 heteroatoms. The molecule has 1 aromatic heterocycles. The van der Waals surface area contributed by atoms with Crippen molar-refractivity contribution >= 4 is 58.6 Å². The van der Waals surface area contributed by atoms with Gasteiger partial charge in [0.05, 0.1) is 33.8 Å². The molecule has 0 unspecified atom stereocenters. The Labute approximate surface area is 316 Å². The number of fused-ring (bicyclic) bond motifs is 4. The predicted molar refractivity (Wildman–Crippen MR) is 188 cm³/mol. The first-order chi connectivity index (χ1) is 25.7. The van der Waals surface area contributed by atoms with E-state index in [1.54, 1.807) is 42.5 Å². The van der Waals surface area contributed by atoms with Crippen LogP contribution in [-0.4, -0.2) is 61.2 Å². The van der Waals surface area contributed by atoms with Crippen LogP contribution in [0.5, 0.6) is 5.75 Å². The molecule has 4 amide bonds. The number of aliphatic carboxylic acids is 1. The zero-order valence-corrected chi connectivity index (χ0v) is 29.9. The lowest BCUT2D eigenvalue weighted by Gasteiger charge is -2.50. The topological polar surface area (TPSA) is 157 Å². The fourth-order valence-electron chi connectivity index (χ4n) is 8.87. The van der Waals surface area contributed by atoms with E-state index in [0.717, 1.165) is 0 Å². The molecule has 54 heavy (non-hydrogen) atoms. The van der Waals surface area contributed by atoms with Crippen LogP contribution in [0.4, 0.5) is 19.0 Å². The van der Waals surface area contributed by atoms with E-state index in [1.165, 1.54) is 11.0 Å². The van der Waals surface area contributed by atoms with Crippen LogP contribution >= 0.6 is 23.2 Å². The van der Waals surface area contributed by atoms with Crippen molar-refractivity contribution in [2.24, 2.45) is 23.7 Å². The Balaban J connectivity index is 1.34. The molecule has 2 aliphatic carbocycles. The molecule has 4 aliphatic rings. The number of nitrogens with one attached hydrogen (secondary N) is 1. The minimum Gasteiger partial charge on any atom is -0.508 e. The van der Waals surface area contributed by atoms with E-state index in [-0.39, 0.29) is 48.8 Å². The first kappa shape index (κ1) is 37.4. The van der Waals surface area contributed by atoms with Crippen LogP contribution in [0, 0.1) is 23.7 Å². The summed E-state index contributed by atoms with van der Waals surface area (Å²) in [4.78, 5) is 73.7. The average Bonchev–Trinajstić information content (AvgIpc) is 3.49. The lowest BCUT2D eigenvalue weighted by atomic mass is 9.49. The standard InChI is InChI=1S/C38H33Cl2F3N4O7/c39-21-11-9-19(10-12-21)37-26(34(52)47(36(37)54)45-32-27(40)16-20(18-44-32)38(41,42)43)17-25-22(31(37)23-6-3-4-7-28(23)48)13-14-24-30(25)35(53)46(33(24)51)15-5-1-2-8-29(49)50/h3-4,6-7,9-13,16,18,24-26,30-31,48H,1-2,5,8,14-15,17H2,(H,44,45)(H,49,50)/t24-,25+,26-,30-,31+,37+/m0/s1. The minimum atomic E-state index is -4.76. The number of carbonyl (C=O) groups is 5. The SMILES string of the molecule is O=C(O)CCCCCN1C(=O)[C@H]2[C@H](CC=C3[C@H]2C[C@H]2C(=O)N(Nc4ncc(C(F)(F)F)cc4Cl)C(=O)[C@@]2(c2ccc(Cl)cc2)[C@H]3c2ccccc2O)C1=O. The van der Waals surface area contributed by atoms with Gasteiger partial charge in [-0.2, -0.15) is 18.2 Å². The molecule has 0 bridgehead atoms. The Morgan fingerprint density at radius 2 is 1.69 bits per heavy atom. The van der Waals surface area contributed by atoms with Gasteiger partial charge in [0.15, 0.2) is 5.82 Å². The summed E-state index contributed by atoms with van der Waals surface area (Å²) in [5, 5.41) is 20.9. The number of carbonyl (C=O) groups excluding carboxylic acids is 4. The number of hydrogen-bond acceptors (Lipinski definition) is 8. The van der Waals surface area contributed by atoms with Crippen LogP contribution in [0.2, 0.25) is 10.0 Å². The predicted octanol–water partition coefficient (Wildman–Crippen LogP) is 6.74. The Kier molecular flexibility index (Phi) is 9.71. The number of phenolic OH excluding ortho intramolecular Hbond substituents is 1. The molecule has 11 nitrogen and oxygen atoms in total. The summed E-state index contributed by atoms with van der Waals surface area (Å²) in [5.41, 5.74) is 0.885. The molecule has 3 N–H and O–H groups in total. The lowest BCUT2D eigenvalue weighted by molar-refractivity contribution is -0.141. The van der Waals surface area contributed by atoms with E-state index >= 15 is 4.79 Å². The molecular formula is C38H33Cl2F3N4O7. The number of para-hydroxylation sites is 1. The van der Waals surface area contributed by atoms with Gasteiger partial charge in [0.25, 0.3) is 11.8 Å². The molecule has 1 saturated carbocycles. The second kappa shape index (κ2) is 14.0. The van der Waals surface area contributed by atoms with Crippen molar-refractivity contribution < 1.29 is 47.4 Å². The molecule has 3 heterocycles. The number of nitrogens with zero attached hydrogens (tertiary/aromatic N) is 3. The molecule has 282 valence electrons. The third-order valence-corrected chi connectivity index (χ3v) is 11.7. The number of halogens is 5. The third-order valence-electron chi connectivity index (χ3n) is 11.2. The highest BCUT2D eigenvalue weighted by molar-refractivity contribution is 6.33. The summed E-state index contributed by atoms with van der Waals surface area (Å²) >= 11 is 12.5. The number of carboxylic acids is 1. The van der Waals surface area contributed by atoms with Gasteiger partial charge >= 0.3 is 12.1 Å². The van der Waals surface area contributed by atoms with Gasteiger partial charge in [-0.3, -0.25) is 34.3 Å². The zero-order valence-electron chi connectivity index (χ0n) is 28.4. The van der Waals surface area contributed by atoms with Crippen LogP contribution in [0.3, 0.4) is 0 Å². The number of hydrazine groups is 1. The van der Waals surface area contributed by atoms with Gasteiger partial charge in [-0.15, -0.1) is 0 Å². The zero-order chi connectivity index (χ0) is 38.7. The number of benzene rings is 2. The van der Waals surface area contributed by atoms with Crippen LogP contribution in [0.1, 0.15) is 61.1 Å². The van der Waals surface area contributed by atoms with Gasteiger partial charge < -0.3 is 10.2 Å². The minimum absolute atomic E-state index is 0.0350. The van der Waals surface area contributed by atoms with E-state index in [2.05, 4.69) is 10.4 Å². The van der Waals surface area contributed by atoms with Crippen molar-refractivity contribution in [3.63, 3.8) is 0 Å². The number of rotatable bonds is 10.